The topological polar surface area (TPSA) is 59.3 Å². The van der Waals surface area contributed by atoms with E-state index in [1.54, 1.807) is 0 Å². The van der Waals surface area contributed by atoms with Gasteiger partial charge in [-0.25, -0.2) is 0 Å². The number of hydrogen-bond donors (Lipinski definition) is 1. The average Bonchev–Trinajstić information content (AvgIpc) is 3.04. The first-order valence-electron chi connectivity index (χ1n) is 6.31. The minimum absolute atomic E-state index is 0.0716. The number of nitrogens with one attached hydrogen (secondary N) is 1. The lowest BCUT2D eigenvalue weighted by atomic mass is 10.2. The predicted octanol–water partition coefficient (Wildman–Crippen LogP) is 2.59. The lowest BCUT2D eigenvalue weighted by molar-refractivity contribution is 0.0941. The second-order valence-electron chi connectivity index (χ2n) is 4.61. The Balaban J connectivity index is 1.85. The molecular weight excluding hydrogens is 272 g/mol. The Hall–Kier alpha value is -2.21. The monoisotopic (exact) mass is 286 g/mol. The number of fused-ring (bicyclic) bond motifs is 1. The summed E-state index contributed by atoms with van der Waals surface area (Å²) in [6.07, 6.45) is 1.89. The summed E-state index contributed by atoms with van der Waals surface area (Å²) in [4.78, 5) is 13.0. The van der Waals surface area contributed by atoms with Crippen molar-refractivity contribution in [3.63, 3.8) is 0 Å². The van der Waals surface area contributed by atoms with Crippen LogP contribution in [0.4, 0.5) is 0 Å². The largest absolute Gasteiger partial charge is 0.342 e. The van der Waals surface area contributed by atoms with Gasteiger partial charge in [0, 0.05) is 6.20 Å². The molecule has 3 aromatic heterocycles. The molecule has 0 bridgehead atoms. The maximum absolute atomic E-state index is 12.2. The Morgan fingerprint density at radius 3 is 2.95 bits per heavy atom. The summed E-state index contributed by atoms with van der Waals surface area (Å²) in [5.74, 6) is 0.654. The van der Waals surface area contributed by atoms with Crippen molar-refractivity contribution in [2.75, 3.05) is 0 Å². The summed E-state index contributed by atoms with van der Waals surface area (Å²) >= 11 is 1.45. The van der Waals surface area contributed by atoms with Crippen LogP contribution < -0.4 is 5.32 Å². The molecule has 0 spiro atoms. The maximum atomic E-state index is 12.2. The zero-order valence-electron chi connectivity index (χ0n) is 11.2. The van der Waals surface area contributed by atoms with Crippen molar-refractivity contribution in [1.82, 2.24) is 19.9 Å². The minimum atomic E-state index is -0.207. The van der Waals surface area contributed by atoms with Gasteiger partial charge in [-0.05, 0) is 43.0 Å². The lowest BCUT2D eigenvalue weighted by Crippen LogP contribution is -2.27. The fourth-order valence-corrected chi connectivity index (χ4v) is 2.92. The van der Waals surface area contributed by atoms with Gasteiger partial charge in [0.1, 0.15) is 0 Å². The molecule has 0 fully saturated rings. The first kappa shape index (κ1) is 12.8. The zero-order valence-corrected chi connectivity index (χ0v) is 12.0. The average molecular weight is 286 g/mol. The summed E-state index contributed by atoms with van der Waals surface area (Å²) in [7, 11) is 0. The standard InChI is InChI=1S/C14H14N4OS/c1-9-6-8-20-12(9)14(19)15-10(2)13-17-16-11-5-3-4-7-18(11)13/h3-8,10H,1-2H3,(H,15,19)/t10-/m1/s1. The molecule has 1 atom stereocenters. The number of nitrogens with zero attached hydrogens (tertiary/aromatic N) is 3. The highest BCUT2D eigenvalue weighted by Crippen LogP contribution is 2.18. The summed E-state index contributed by atoms with van der Waals surface area (Å²) in [6.45, 7) is 3.84. The van der Waals surface area contributed by atoms with Crippen LogP contribution in [0.15, 0.2) is 35.8 Å². The van der Waals surface area contributed by atoms with Gasteiger partial charge in [0.25, 0.3) is 5.91 Å². The molecular formula is C14H14N4OS. The molecule has 0 aliphatic rings. The van der Waals surface area contributed by atoms with E-state index in [1.165, 1.54) is 11.3 Å². The van der Waals surface area contributed by atoms with E-state index in [-0.39, 0.29) is 11.9 Å². The SMILES string of the molecule is Cc1ccsc1C(=O)N[C@H](C)c1nnc2ccccn12. The second kappa shape index (κ2) is 5.05. The Morgan fingerprint density at radius 1 is 1.35 bits per heavy atom. The molecule has 0 aromatic carbocycles. The maximum Gasteiger partial charge on any atom is 0.262 e. The molecule has 0 saturated carbocycles. The summed E-state index contributed by atoms with van der Waals surface area (Å²) < 4.78 is 1.88. The highest BCUT2D eigenvalue weighted by Gasteiger charge is 2.18. The van der Waals surface area contributed by atoms with Crippen molar-refractivity contribution in [2.24, 2.45) is 0 Å². The van der Waals surface area contributed by atoms with Crippen molar-refractivity contribution in [1.29, 1.82) is 0 Å². The Morgan fingerprint density at radius 2 is 2.20 bits per heavy atom. The highest BCUT2D eigenvalue weighted by molar-refractivity contribution is 7.12. The van der Waals surface area contributed by atoms with Gasteiger partial charge in [-0.3, -0.25) is 9.20 Å². The molecule has 0 radical (unpaired) electrons. The van der Waals surface area contributed by atoms with E-state index in [0.29, 0.717) is 0 Å². The van der Waals surface area contributed by atoms with Crippen molar-refractivity contribution in [3.05, 3.63) is 52.1 Å². The normalized spacial score (nSPS) is 12.5. The number of aromatic nitrogens is 3. The van der Waals surface area contributed by atoms with Gasteiger partial charge in [0.05, 0.1) is 10.9 Å². The first-order chi connectivity index (χ1) is 9.66. The number of amides is 1. The third kappa shape index (κ3) is 2.18. The van der Waals surface area contributed by atoms with E-state index in [2.05, 4.69) is 15.5 Å². The predicted molar refractivity (Wildman–Crippen MR) is 77.9 cm³/mol. The third-order valence-electron chi connectivity index (χ3n) is 3.14. The molecule has 102 valence electrons. The van der Waals surface area contributed by atoms with Gasteiger partial charge in [0.2, 0.25) is 0 Å². The Labute approximate surface area is 120 Å². The van der Waals surface area contributed by atoms with E-state index in [4.69, 9.17) is 0 Å². The van der Waals surface area contributed by atoms with Gasteiger partial charge < -0.3 is 5.32 Å². The first-order valence-corrected chi connectivity index (χ1v) is 7.19. The number of carbonyl (C=O) groups excluding carboxylic acids is 1. The Bertz CT molecular complexity index is 761. The second-order valence-corrected chi connectivity index (χ2v) is 5.53. The molecule has 0 unspecified atom stereocenters. The van der Waals surface area contributed by atoms with Crippen molar-refractivity contribution in [3.8, 4) is 0 Å². The molecule has 3 heterocycles. The molecule has 0 saturated heterocycles. The van der Waals surface area contributed by atoms with E-state index in [0.717, 1.165) is 21.9 Å². The van der Waals surface area contributed by atoms with Gasteiger partial charge in [-0.2, -0.15) is 0 Å². The molecule has 3 rings (SSSR count). The molecule has 0 aliphatic heterocycles. The van der Waals surface area contributed by atoms with Crippen LogP contribution in [-0.2, 0) is 0 Å². The summed E-state index contributed by atoms with van der Waals surface area (Å²) in [6, 6.07) is 7.44. The number of hydrogen-bond acceptors (Lipinski definition) is 4. The smallest absolute Gasteiger partial charge is 0.262 e. The minimum Gasteiger partial charge on any atom is -0.342 e. The van der Waals surface area contributed by atoms with Crippen LogP contribution in [0.3, 0.4) is 0 Å². The van der Waals surface area contributed by atoms with Crippen LogP contribution in [0.1, 0.15) is 34.0 Å². The molecule has 1 amide bonds. The van der Waals surface area contributed by atoms with Gasteiger partial charge in [-0.15, -0.1) is 21.5 Å². The Kier molecular flexibility index (Phi) is 3.23. The van der Waals surface area contributed by atoms with Crippen molar-refractivity contribution in [2.45, 2.75) is 19.9 Å². The van der Waals surface area contributed by atoms with E-state index < -0.39 is 0 Å². The molecule has 0 aliphatic carbocycles. The lowest BCUT2D eigenvalue weighted by Gasteiger charge is -2.12. The number of aryl methyl sites for hydroxylation is 1. The number of carbonyl (C=O) groups is 1. The van der Waals surface area contributed by atoms with Crippen LogP contribution in [0.5, 0.6) is 0 Å². The van der Waals surface area contributed by atoms with Gasteiger partial charge in [-0.1, -0.05) is 6.07 Å². The fourth-order valence-electron chi connectivity index (χ4n) is 2.09. The summed E-state index contributed by atoms with van der Waals surface area (Å²) in [5.41, 5.74) is 1.77. The van der Waals surface area contributed by atoms with Crippen LogP contribution in [0, 0.1) is 6.92 Å². The van der Waals surface area contributed by atoms with Gasteiger partial charge >= 0.3 is 0 Å². The molecule has 6 heteroatoms. The van der Waals surface area contributed by atoms with Crippen LogP contribution in [0.25, 0.3) is 5.65 Å². The molecule has 20 heavy (non-hydrogen) atoms. The van der Waals surface area contributed by atoms with E-state index in [9.17, 15) is 4.79 Å². The molecule has 5 nitrogen and oxygen atoms in total. The van der Waals surface area contributed by atoms with Crippen LogP contribution >= 0.6 is 11.3 Å². The van der Waals surface area contributed by atoms with Crippen molar-refractivity contribution < 1.29 is 4.79 Å². The third-order valence-corrected chi connectivity index (χ3v) is 4.16. The molecule has 1 N–H and O–H groups in total. The summed E-state index contributed by atoms with van der Waals surface area (Å²) in [5, 5.41) is 13.1. The van der Waals surface area contributed by atoms with Crippen LogP contribution in [-0.4, -0.2) is 20.5 Å². The van der Waals surface area contributed by atoms with E-state index in [1.807, 2.05) is 54.1 Å². The number of pyridine rings is 1. The van der Waals surface area contributed by atoms with Gasteiger partial charge in [0.15, 0.2) is 11.5 Å². The van der Waals surface area contributed by atoms with Crippen LogP contribution in [0.2, 0.25) is 0 Å². The molecule has 3 aromatic rings. The highest BCUT2D eigenvalue weighted by atomic mass is 32.1. The fraction of sp³-hybridized carbons (Fsp3) is 0.214. The zero-order chi connectivity index (χ0) is 14.1. The van der Waals surface area contributed by atoms with E-state index >= 15 is 0 Å². The number of thiophene rings is 1. The number of rotatable bonds is 3. The van der Waals surface area contributed by atoms with Crippen molar-refractivity contribution >= 4 is 22.9 Å². The quantitative estimate of drug-likeness (QED) is 0.805.